The number of aryl methyl sites for hydroxylation is 3. The van der Waals surface area contributed by atoms with Crippen molar-refractivity contribution in [2.24, 2.45) is 12.8 Å². The summed E-state index contributed by atoms with van der Waals surface area (Å²) in [5.41, 5.74) is 7.95. The molecule has 0 bridgehead atoms. The SMILES string of the molecule is Cc1ccc(Oc2c(C(=N)N)c(C)nn2C)cc1. The molecule has 2 rings (SSSR count). The molecule has 1 aromatic heterocycles. The minimum absolute atomic E-state index is 0.0392. The lowest BCUT2D eigenvalue weighted by molar-refractivity contribution is 0.429. The summed E-state index contributed by atoms with van der Waals surface area (Å²) in [6, 6.07) is 7.68. The quantitative estimate of drug-likeness (QED) is 0.641. The molecule has 5 heteroatoms. The van der Waals surface area contributed by atoms with Gasteiger partial charge in [-0.1, -0.05) is 17.7 Å². The highest BCUT2D eigenvalue weighted by molar-refractivity contribution is 5.98. The van der Waals surface area contributed by atoms with Crippen molar-refractivity contribution < 1.29 is 4.74 Å². The molecule has 0 unspecified atom stereocenters. The number of ether oxygens (including phenoxy) is 1. The zero-order valence-corrected chi connectivity index (χ0v) is 10.7. The van der Waals surface area contributed by atoms with E-state index < -0.39 is 0 Å². The van der Waals surface area contributed by atoms with E-state index in [9.17, 15) is 0 Å². The molecule has 5 nitrogen and oxygen atoms in total. The molecule has 0 fully saturated rings. The van der Waals surface area contributed by atoms with Crippen molar-refractivity contribution >= 4 is 5.84 Å². The van der Waals surface area contributed by atoms with Gasteiger partial charge in [-0.3, -0.25) is 5.41 Å². The molecular weight excluding hydrogens is 228 g/mol. The van der Waals surface area contributed by atoms with Crippen LogP contribution in [0.4, 0.5) is 0 Å². The van der Waals surface area contributed by atoms with Crippen LogP contribution in [-0.2, 0) is 7.05 Å². The Kier molecular flexibility index (Phi) is 3.06. The molecule has 2 aromatic rings. The topological polar surface area (TPSA) is 76.9 Å². The van der Waals surface area contributed by atoms with E-state index in [-0.39, 0.29) is 5.84 Å². The Morgan fingerprint density at radius 2 is 1.89 bits per heavy atom. The van der Waals surface area contributed by atoms with Gasteiger partial charge in [-0.25, -0.2) is 4.68 Å². The van der Waals surface area contributed by atoms with Crippen LogP contribution in [0, 0.1) is 19.3 Å². The second kappa shape index (κ2) is 4.52. The van der Waals surface area contributed by atoms with E-state index >= 15 is 0 Å². The predicted octanol–water partition coefficient (Wildman–Crippen LogP) is 2.11. The molecule has 94 valence electrons. The maximum absolute atomic E-state index is 7.57. The third kappa shape index (κ3) is 2.20. The number of nitrogens with zero attached hydrogens (tertiary/aromatic N) is 2. The second-order valence-corrected chi connectivity index (χ2v) is 4.22. The van der Waals surface area contributed by atoms with Crippen molar-refractivity contribution in [3.8, 4) is 11.6 Å². The Morgan fingerprint density at radius 3 is 2.44 bits per heavy atom. The van der Waals surface area contributed by atoms with Gasteiger partial charge in [0.05, 0.1) is 5.69 Å². The lowest BCUT2D eigenvalue weighted by atomic mass is 10.2. The van der Waals surface area contributed by atoms with E-state index in [2.05, 4.69) is 5.10 Å². The molecule has 0 saturated heterocycles. The van der Waals surface area contributed by atoms with Crippen LogP contribution in [0.1, 0.15) is 16.8 Å². The smallest absolute Gasteiger partial charge is 0.228 e. The fourth-order valence-electron chi connectivity index (χ4n) is 1.78. The fraction of sp³-hybridized carbons (Fsp3) is 0.231. The Bertz CT molecular complexity index is 584. The van der Waals surface area contributed by atoms with Crippen LogP contribution in [0.2, 0.25) is 0 Å². The number of aromatic nitrogens is 2. The summed E-state index contributed by atoms with van der Waals surface area (Å²) in [6.45, 7) is 3.82. The summed E-state index contributed by atoms with van der Waals surface area (Å²) >= 11 is 0. The minimum atomic E-state index is -0.0392. The maximum atomic E-state index is 7.57. The highest BCUT2D eigenvalue weighted by Crippen LogP contribution is 2.26. The zero-order valence-electron chi connectivity index (χ0n) is 10.7. The van der Waals surface area contributed by atoms with E-state index in [1.165, 1.54) is 0 Å². The van der Waals surface area contributed by atoms with Crippen LogP contribution in [0.3, 0.4) is 0 Å². The number of nitrogens with one attached hydrogen (secondary N) is 1. The van der Waals surface area contributed by atoms with Crippen molar-refractivity contribution in [3.05, 3.63) is 41.1 Å². The summed E-state index contributed by atoms with van der Waals surface area (Å²) in [6.07, 6.45) is 0. The van der Waals surface area contributed by atoms with Gasteiger partial charge >= 0.3 is 0 Å². The van der Waals surface area contributed by atoms with Crippen molar-refractivity contribution in [3.63, 3.8) is 0 Å². The maximum Gasteiger partial charge on any atom is 0.228 e. The van der Waals surface area contributed by atoms with Crippen LogP contribution >= 0.6 is 0 Å². The first-order valence-electron chi connectivity index (χ1n) is 5.61. The van der Waals surface area contributed by atoms with Gasteiger partial charge in [0.1, 0.15) is 17.1 Å². The average Bonchev–Trinajstić information content (AvgIpc) is 2.57. The molecule has 0 radical (unpaired) electrons. The third-order valence-electron chi connectivity index (χ3n) is 2.67. The number of nitrogens with two attached hydrogens (primary N) is 1. The molecule has 3 N–H and O–H groups in total. The van der Waals surface area contributed by atoms with Gasteiger partial charge in [0.2, 0.25) is 5.88 Å². The number of hydrogen-bond acceptors (Lipinski definition) is 3. The Hall–Kier alpha value is -2.30. The van der Waals surface area contributed by atoms with Gasteiger partial charge < -0.3 is 10.5 Å². The number of nitrogen functional groups attached to an aromatic ring is 1. The van der Waals surface area contributed by atoms with E-state index in [0.717, 1.165) is 5.56 Å². The van der Waals surface area contributed by atoms with Crippen LogP contribution < -0.4 is 10.5 Å². The van der Waals surface area contributed by atoms with E-state index in [4.69, 9.17) is 15.9 Å². The average molecular weight is 244 g/mol. The third-order valence-corrected chi connectivity index (χ3v) is 2.67. The first kappa shape index (κ1) is 12.2. The normalized spacial score (nSPS) is 10.4. The Morgan fingerprint density at radius 1 is 1.28 bits per heavy atom. The summed E-state index contributed by atoms with van der Waals surface area (Å²) in [5.74, 6) is 1.15. The Balaban J connectivity index is 2.39. The number of amidine groups is 1. The van der Waals surface area contributed by atoms with E-state index in [1.807, 2.05) is 31.2 Å². The summed E-state index contributed by atoms with van der Waals surface area (Å²) in [7, 11) is 1.77. The first-order chi connectivity index (χ1) is 8.49. The largest absolute Gasteiger partial charge is 0.439 e. The van der Waals surface area contributed by atoms with Crippen molar-refractivity contribution in [2.75, 3.05) is 0 Å². The molecule has 0 atom stereocenters. The summed E-state index contributed by atoms with van der Waals surface area (Å²) in [5, 5.41) is 11.8. The Labute approximate surface area is 106 Å². The van der Waals surface area contributed by atoms with Crippen molar-refractivity contribution in [1.29, 1.82) is 5.41 Å². The molecule has 0 saturated carbocycles. The summed E-state index contributed by atoms with van der Waals surface area (Å²) < 4.78 is 7.35. The predicted molar refractivity (Wildman–Crippen MR) is 70.2 cm³/mol. The highest BCUT2D eigenvalue weighted by Gasteiger charge is 2.17. The number of rotatable bonds is 3. The minimum Gasteiger partial charge on any atom is -0.439 e. The van der Waals surface area contributed by atoms with Crippen molar-refractivity contribution in [1.82, 2.24) is 9.78 Å². The van der Waals surface area contributed by atoms with Gasteiger partial charge in [-0.2, -0.15) is 5.10 Å². The molecule has 18 heavy (non-hydrogen) atoms. The lowest BCUT2D eigenvalue weighted by Gasteiger charge is -2.08. The monoisotopic (exact) mass is 244 g/mol. The standard InChI is InChI=1S/C13H16N4O/c1-8-4-6-10(7-5-8)18-13-11(12(14)15)9(2)16-17(13)3/h4-7H,1-3H3,(H3,14,15). The van der Waals surface area contributed by atoms with Crippen LogP contribution in [0.5, 0.6) is 11.6 Å². The molecule has 0 aliphatic heterocycles. The molecular formula is C13H16N4O. The zero-order chi connectivity index (χ0) is 13.3. The van der Waals surface area contributed by atoms with Crippen LogP contribution in [0.25, 0.3) is 0 Å². The first-order valence-corrected chi connectivity index (χ1v) is 5.61. The van der Waals surface area contributed by atoms with Gasteiger partial charge in [0.15, 0.2) is 0 Å². The van der Waals surface area contributed by atoms with E-state index in [0.29, 0.717) is 22.9 Å². The van der Waals surface area contributed by atoms with Crippen molar-refractivity contribution in [2.45, 2.75) is 13.8 Å². The molecule has 1 heterocycles. The highest BCUT2D eigenvalue weighted by atomic mass is 16.5. The van der Waals surface area contributed by atoms with Gasteiger partial charge in [-0.05, 0) is 26.0 Å². The van der Waals surface area contributed by atoms with Crippen LogP contribution in [-0.4, -0.2) is 15.6 Å². The number of hydrogen-bond donors (Lipinski definition) is 2. The van der Waals surface area contributed by atoms with E-state index in [1.54, 1.807) is 18.7 Å². The lowest BCUT2D eigenvalue weighted by Crippen LogP contribution is -2.13. The van der Waals surface area contributed by atoms with Gasteiger partial charge in [0, 0.05) is 7.05 Å². The molecule has 1 aromatic carbocycles. The molecule has 0 aliphatic rings. The van der Waals surface area contributed by atoms with Gasteiger partial charge in [0.25, 0.3) is 0 Å². The molecule has 0 aliphatic carbocycles. The van der Waals surface area contributed by atoms with Gasteiger partial charge in [-0.15, -0.1) is 0 Å². The second-order valence-electron chi connectivity index (χ2n) is 4.22. The molecule has 0 spiro atoms. The summed E-state index contributed by atoms with van der Waals surface area (Å²) in [4.78, 5) is 0. The fourth-order valence-corrected chi connectivity index (χ4v) is 1.78. The number of benzene rings is 1. The van der Waals surface area contributed by atoms with Crippen LogP contribution in [0.15, 0.2) is 24.3 Å². The molecule has 0 amide bonds.